The summed E-state index contributed by atoms with van der Waals surface area (Å²) < 4.78 is 5.33. The van der Waals surface area contributed by atoms with E-state index in [1.807, 2.05) is 0 Å². The Morgan fingerprint density at radius 2 is 1.69 bits per heavy atom. The molecule has 0 aliphatic rings. The maximum atomic E-state index is 12.7. The van der Waals surface area contributed by atoms with Crippen molar-refractivity contribution >= 4 is 35.9 Å². The maximum Gasteiger partial charge on any atom is 0.303 e. The molecule has 206 valence electrons. The van der Waals surface area contributed by atoms with Crippen molar-refractivity contribution < 1.29 is 53.9 Å². The SMILES string of the molecule is CC(=O)N(C)[C@@H](C=O)[C@@H](OCC(=O)NC(C(=O)NC(CCC(=O)O)C(N)=O)C(C)C)[C@H](O)[C@H](O)CO. The highest BCUT2D eigenvalue weighted by atomic mass is 16.5. The Kier molecular flexibility index (Phi) is 14.4. The van der Waals surface area contributed by atoms with Gasteiger partial charge in [-0.15, -0.1) is 0 Å². The second-order valence-corrected chi connectivity index (χ2v) is 8.46. The number of rotatable bonds is 17. The van der Waals surface area contributed by atoms with E-state index in [0.717, 1.165) is 11.8 Å². The molecule has 2 unspecified atom stereocenters. The number of aliphatic hydroxyl groups excluding tert-OH is 3. The number of ether oxygens (including phenoxy) is 1. The van der Waals surface area contributed by atoms with Crippen LogP contribution in [0.25, 0.3) is 0 Å². The van der Waals surface area contributed by atoms with Crippen molar-refractivity contribution in [2.75, 3.05) is 20.3 Å². The van der Waals surface area contributed by atoms with E-state index >= 15 is 0 Å². The Morgan fingerprint density at radius 1 is 1.11 bits per heavy atom. The highest BCUT2D eigenvalue weighted by Crippen LogP contribution is 2.14. The van der Waals surface area contributed by atoms with Gasteiger partial charge >= 0.3 is 5.97 Å². The third kappa shape index (κ3) is 10.6. The van der Waals surface area contributed by atoms with Gasteiger partial charge in [-0.25, -0.2) is 0 Å². The molecular weight excluding hydrogens is 484 g/mol. The van der Waals surface area contributed by atoms with Crippen molar-refractivity contribution in [3.63, 3.8) is 0 Å². The number of aliphatic hydroxyl groups is 3. The van der Waals surface area contributed by atoms with E-state index in [1.165, 1.54) is 7.05 Å². The molecule has 0 bridgehead atoms. The smallest absolute Gasteiger partial charge is 0.303 e. The molecule has 0 aliphatic carbocycles. The number of hydrogen-bond acceptors (Lipinski definition) is 10. The molecule has 0 spiro atoms. The third-order valence-electron chi connectivity index (χ3n) is 5.32. The van der Waals surface area contributed by atoms with Crippen molar-refractivity contribution in [3.8, 4) is 0 Å². The molecule has 15 heteroatoms. The minimum atomic E-state index is -1.87. The first-order valence-corrected chi connectivity index (χ1v) is 11.1. The minimum absolute atomic E-state index is 0.262. The van der Waals surface area contributed by atoms with E-state index in [-0.39, 0.29) is 12.7 Å². The first-order chi connectivity index (χ1) is 16.7. The molecule has 0 saturated heterocycles. The normalized spacial score (nSPS) is 16.1. The van der Waals surface area contributed by atoms with E-state index in [1.54, 1.807) is 13.8 Å². The Bertz CT molecular complexity index is 792. The van der Waals surface area contributed by atoms with Crippen LogP contribution < -0.4 is 16.4 Å². The summed E-state index contributed by atoms with van der Waals surface area (Å²) in [6.45, 7) is 2.56. The van der Waals surface area contributed by atoms with Gasteiger partial charge in [0.2, 0.25) is 23.6 Å². The topological polar surface area (TPSA) is 246 Å². The number of aliphatic carboxylic acids is 1. The van der Waals surface area contributed by atoms with Crippen LogP contribution in [0, 0.1) is 5.92 Å². The van der Waals surface area contributed by atoms with Crippen molar-refractivity contribution in [1.29, 1.82) is 0 Å². The molecule has 0 aromatic heterocycles. The molecule has 0 aliphatic heterocycles. The number of carboxylic acids is 1. The number of carbonyl (C=O) groups excluding carboxylic acids is 5. The number of nitrogens with zero attached hydrogens (tertiary/aromatic N) is 1. The predicted molar refractivity (Wildman–Crippen MR) is 122 cm³/mol. The highest BCUT2D eigenvalue weighted by molar-refractivity contribution is 5.92. The summed E-state index contributed by atoms with van der Waals surface area (Å²) in [7, 11) is 1.23. The zero-order valence-corrected chi connectivity index (χ0v) is 20.6. The average molecular weight is 521 g/mol. The second kappa shape index (κ2) is 15.8. The lowest BCUT2D eigenvalue weighted by atomic mass is 10.0. The van der Waals surface area contributed by atoms with Crippen LogP contribution in [0.15, 0.2) is 0 Å². The van der Waals surface area contributed by atoms with E-state index in [2.05, 4.69) is 10.6 Å². The quantitative estimate of drug-likeness (QED) is 0.0913. The first kappa shape index (κ1) is 32.9. The number of amides is 4. The molecule has 0 fully saturated rings. The van der Waals surface area contributed by atoms with Gasteiger partial charge in [0.05, 0.1) is 6.61 Å². The van der Waals surface area contributed by atoms with Gasteiger partial charge in [-0.2, -0.15) is 0 Å². The van der Waals surface area contributed by atoms with E-state index < -0.39 is 91.6 Å². The van der Waals surface area contributed by atoms with Crippen molar-refractivity contribution in [2.45, 2.75) is 70.1 Å². The number of carboxylic acid groups (broad SMARTS) is 1. The van der Waals surface area contributed by atoms with Crippen LogP contribution in [0.3, 0.4) is 0 Å². The summed E-state index contributed by atoms with van der Waals surface area (Å²) in [6, 6.07) is -3.93. The number of nitrogens with one attached hydrogen (secondary N) is 2. The van der Waals surface area contributed by atoms with Crippen LogP contribution in [0.4, 0.5) is 0 Å². The predicted octanol–water partition coefficient (Wildman–Crippen LogP) is -3.89. The molecule has 0 heterocycles. The van der Waals surface area contributed by atoms with Crippen LogP contribution in [0.2, 0.25) is 0 Å². The Hall–Kier alpha value is -3.14. The molecule has 0 saturated carbocycles. The van der Waals surface area contributed by atoms with Gasteiger partial charge in [-0.1, -0.05) is 13.8 Å². The lowest BCUT2D eigenvalue weighted by Crippen LogP contribution is -2.57. The fourth-order valence-corrected chi connectivity index (χ4v) is 3.06. The first-order valence-electron chi connectivity index (χ1n) is 11.1. The van der Waals surface area contributed by atoms with Crippen molar-refractivity contribution in [2.24, 2.45) is 11.7 Å². The number of aldehydes is 1. The van der Waals surface area contributed by atoms with Gasteiger partial charge in [-0.3, -0.25) is 24.0 Å². The minimum Gasteiger partial charge on any atom is -0.481 e. The molecule has 0 rings (SSSR count). The van der Waals surface area contributed by atoms with Gasteiger partial charge in [0.25, 0.3) is 0 Å². The summed E-state index contributed by atoms with van der Waals surface area (Å²) in [4.78, 5) is 71.7. The molecule has 6 atom stereocenters. The molecular formula is C21H36N4O11. The molecule has 0 aromatic carbocycles. The average Bonchev–Trinajstić information content (AvgIpc) is 2.80. The fraction of sp³-hybridized carbons (Fsp3) is 0.714. The monoisotopic (exact) mass is 520 g/mol. The van der Waals surface area contributed by atoms with Gasteiger partial charge in [0, 0.05) is 20.4 Å². The highest BCUT2D eigenvalue weighted by Gasteiger charge is 2.37. The fourth-order valence-electron chi connectivity index (χ4n) is 3.06. The molecule has 0 radical (unpaired) electrons. The molecule has 15 nitrogen and oxygen atoms in total. The van der Waals surface area contributed by atoms with E-state index in [4.69, 9.17) is 20.7 Å². The van der Waals surface area contributed by atoms with E-state index in [9.17, 15) is 39.0 Å². The molecule has 36 heavy (non-hydrogen) atoms. The van der Waals surface area contributed by atoms with Crippen molar-refractivity contribution in [3.05, 3.63) is 0 Å². The van der Waals surface area contributed by atoms with Gasteiger partial charge in [0.1, 0.15) is 49.3 Å². The molecule has 4 amide bonds. The van der Waals surface area contributed by atoms with Crippen LogP contribution in [0.1, 0.15) is 33.6 Å². The summed E-state index contributed by atoms with van der Waals surface area (Å²) in [5.74, 6) is -4.97. The van der Waals surface area contributed by atoms with Crippen LogP contribution in [-0.4, -0.2) is 118 Å². The molecule has 8 N–H and O–H groups in total. The Morgan fingerprint density at radius 3 is 2.11 bits per heavy atom. The summed E-state index contributed by atoms with van der Waals surface area (Å²) in [5, 5.41) is 42.7. The summed E-state index contributed by atoms with van der Waals surface area (Å²) >= 11 is 0. The molecule has 0 aromatic rings. The van der Waals surface area contributed by atoms with Crippen LogP contribution in [0.5, 0.6) is 0 Å². The third-order valence-corrected chi connectivity index (χ3v) is 5.32. The zero-order chi connectivity index (χ0) is 28.2. The van der Waals surface area contributed by atoms with Gasteiger partial charge in [0.15, 0.2) is 0 Å². The van der Waals surface area contributed by atoms with Crippen LogP contribution >= 0.6 is 0 Å². The number of primary amides is 1. The number of likely N-dealkylation sites (N-methyl/N-ethyl adjacent to an activating group) is 1. The van der Waals surface area contributed by atoms with Crippen LogP contribution in [-0.2, 0) is 33.5 Å². The number of carbonyl (C=O) groups is 6. The maximum absolute atomic E-state index is 12.7. The standard InChI is InChI=1S/C21H36N4O11/c1-10(2)17(21(35)23-12(20(22)34)5-6-16(31)32)24-15(30)9-36-19(18(33)14(29)8-27)13(7-26)25(4)11(3)28/h7,10,12-14,17-19,27,29,33H,5-6,8-9H2,1-4H3,(H2,22,34)(H,23,35)(H,24,30)(H,31,32)/t12?,13-,14+,17?,18+,19+/m0/s1. The lowest BCUT2D eigenvalue weighted by molar-refractivity contribution is -0.156. The lowest BCUT2D eigenvalue weighted by Gasteiger charge is -2.34. The largest absolute Gasteiger partial charge is 0.481 e. The summed E-state index contributed by atoms with van der Waals surface area (Å²) in [5.41, 5.74) is 5.21. The summed E-state index contributed by atoms with van der Waals surface area (Å²) in [6.07, 6.45) is -5.67. The van der Waals surface area contributed by atoms with Gasteiger partial charge < -0.3 is 51.2 Å². The van der Waals surface area contributed by atoms with Gasteiger partial charge in [-0.05, 0) is 12.3 Å². The number of hydrogen-bond donors (Lipinski definition) is 7. The zero-order valence-electron chi connectivity index (χ0n) is 20.6. The Labute approximate surface area is 207 Å². The Balaban J connectivity index is 5.50. The van der Waals surface area contributed by atoms with E-state index in [0.29, 0.717) is 0 Å². The second-order valence-electron chi connectivity index (χ2n) is 8.46. The number of nitrogens with two attached hydrogens (primary N) is 1. The van der Waals surface area contributed by atoms with Crippen molar-refractivity contribution in [1.82, 2.24) is 15.5 Å².